The topological polar surface area (TPSA) is 62.2 Å². The van der Waals surface area contributed by atoms with Crippen molar-refractivity contribution < 1.29 is 4.79 Å². The monoisotopic (exact) mass is 339 g/mol. The number of nitrogens with one attached hydrogen (secondary N) is 2. The smallest absolute Gasteiger partial charge is 0.250 e. The molecule has 1 saturated heterocycles. The molecule has 0 radical (unpaired) electrons. The van der Waals surface area contributed by atoms with E-state index in [9.17, 15) is 4.79 Å². The van der Waals surface area contributed by atoms with Gasteiger partial charge in [-0.15, -0.1) is 0 Å². The molecular formula is C19H25N5O. The summed E-state index contributed by atoms with van der Waals surface area (Å²) >= 11 is 0. The van der Waals surface area contributed by atoms with Crippen molar-refractivity contribution >= 4 is 17.3 Å². The first-order valence-corrected chi connectivity index (χ1v) is 9.11. The number of amides is 1. The van der Waals surface area contributed by atoms with E-state index >= 15 is 0 Å². The summed E-state index contributed by atoms with van der Waals surface area (Å²) in [6.07, 6.45) is 6.65. The van der Waals surface area contributed by atoms with E-state index in [-0.39, 0.29) is 5.91 Å². The fourth-order valence-corrected chi connectivity index (χ4v) is 3.84. The maximum Gasteiger partial charge on any atom is 0.250 e. The number of hydrogen-bond donors (Lipinski definition) is 2. The molecule has 1 fully saturated rings. The normalized spacial score (nSPS) is 19.3. The molecule has 2 N–H and O–H groups in total. The van der Waals surface area contributed by atoms with Crippen LogP contribution >= 0.6 is 0 Å². The molecule has 2 aliphatic rings. The maximum absolute atomic E-state index is 12.7. The zero-order valence-electron chi connectivity index (χ0n) is 14.7. The van der Waals surface area contributed by atoms with E-state index in [1.54, 1.807) is 0 Å². The highest BCUT2D eigenvalue weighted by molar-refractivity contribution is 6.06. The Morgan fingerprint density at radius 2 is 1.96 bits per heavy atom. The van der Waals surface area contributed by atoms with E-state index in [2.05, 4.69) is 38.2 Å². The second-order valence-corrected chi connectivity index (χ2v) is 7.02. The Hall–Kier alpha value is -2.34. The summed E-state index contributed by atoms with van der Waals surface area (Å²) in [5.41, 5.74) is 1.42. The first-order valence-electron chi connectivity index (χ1n) is 9.11. The van der Waals surface area contributed by atoms with E-state index < -0.39 is 5.54 Å². The van der Waals surface area contributed by atoms with Gasteiger partial charge in [0, 0.05) is 32.0 Å². The summed E-state index contributed by atoms with van der Waals surface area (Å²) in [6.45, 7) is 5.82. The molecule has 132 valence electrons. The van der Waals surface area contributed by atoms with Crippen LogP contribution in [0.4, 0.5) is 11.4 Å². The number of rotatable bonds is 4. The Balaban J connectivity index is 1.43. The fourth-order valence-electron chi connectivity index (χ4n) is 3.84. The van der Waals surface area contributed by atoms with E-state index in [1.165, 1.54) is 0 Å². The van der Waals surface area contributed by atoms with Gasteiger partial charge in [0.1, 0.15) is 11.4 Å². The van der Waals surface area contributed by atoms with Crippen molar-refractivity contribution in [2.24, 2.45) is 0 Å². The summed E-state index contributed by atoms with van der Waals surface area (Å²) in [5.74, 6) is 1.21. The molecule has 3 heterocycles. The van der Waals surface area contributed by atoms with Gasteiger partial charge in [-0.1, -0.05) is 19.1 Å². The Kier molecular flexibility index (Phi) is 4.21. The lowest BCUT2D eigenvalue weighted by molar-refractivity contribution is -0.122. The van der Waals surface area contributed by atoms with Crippen molar-refractivity contribution in [3.05, 3.63) is 42.5 Å². The summed E-state index contributed by atoms with van der Waals surface area (Å²) in [6, 6.07) is 7.92. The number of aromatic nitrogens is 2. The number of benzene rings is 1. The van der Waals surface area contributed by atoms with Crippen LogP contribution in [-0.2, 0) is 17.9 Å². The average Bonchev–Trinajstić information content (AvgIpc) is 3.05. The number of piperidine rings is 1. The Labute approximate surface area is 148 Å². The van der Waals surface area contributed by atoms with Gasteiger partial charge < -0.3 is 15.2 Å². The molecule has 0 bridgehead atoms. The van der Waals surface area contributed by atoms with E-state index in [1.807, 2.05) is 30.5 Å². The van der Waals surface area contributed by atoms with E-state index in [4.69, 9.17) is 0 Å². The average molecular weight is 339 g/mol. The number of carbonyl (C=O) groups excluding carboxylic acids is 1. The first kappa shape index (κ1) is 16.1. The number of likely N-dealkylation sites (tertiary alicyclic amines) is 1. The summed E-state index contributed by atoms with van der Waals surface area (Å²) in [7, 11) is 0. The predicted octanol–water partition coefficient (Wildman–Crippen LogP) is 2.69. The van der Waals surface area contributed by atoms with Crippen LogP contribution in [0.2, 0.25) is 0 Å². The van der Waals surface area contributed by atoms with Crippen LogP contribution in [0.1, 0.15) is 32.0 Å². The molecule has 2 aliphatic heterocycles. The SMILES string of the molecule is CCCn1ccnc1CN1CCC2(CC1)Nc1ccccc1NC2=O. The zero-order valence-corrected chi connectivity index (χ0v) is 14.7. The third-order valence-corrected chi connectivity index (χ3v) is 5.32. The van der Waals surface area contributed by atoms with Gasteiger partial charge >= 0.3 is 0 Å². The van der Waals surface area contributed by atoms with Crippen molar-refractivity contribution in [2.75, 3.05) is 23.7 Å². The van der Waals surface area contributed by atoms with Crippen LogP contribution in [0.15, 0.2) is 36.7 Å². The van der Waals surface area contributed by atoms with Crippen molar-refractivity contribution in [1.29, 1.82) is 0 Å². The summed E-state index contributed by atoms with van der Waals surface area (Å²) in [5, 5.41) is 6.58. The second-order valence-electron chi connectivity index (χ2n) is 7.02. The standard InChI is InChI=1S/C19H25N5O/c1-2-10-24-13-9-20-17(24)14-23-11-7-19(8-12-23)18(25)21-15-5-3-4-6-16(15)22-19/h3-6,9,13,22H,2,7-8,10-12,14H2,1H3,(H,21,25). The van der Waals surface area contributed by atoms with Gasteiger partial charge in [-0.05, 0) is 31.4 Å². The third-order valence-electron chi connectivity index (χ3n) is 5.32. The Morgan fingerprint density at radius 3 is 2.72 bits per heavy atom. The van der Waals surface area contributed by atoms with Crippen LogP contribution in [0, 0.1) is 0 Å². The van der Waals surface area contributed by atoms with Gasteiger partial charge in [0.2, 0.25) is 5.91 Å². The summed E-state index contributed by atoms with van der Waals surface area (Å²) in [4.78, 5) is 19.6. The number of nitrogens with zero attached hydrogens (tertiary/aromatic N) is 3. The third kappa shape index (κ3) is 3.02. The van der Waals surface area contributed by atoms with Crippen LogP contribution in [-0.4, -0.2) is 39.0 Å². The van der Waals surface area contributed by atoms with Gasteiger partial charge in [0.15, 0.2) is 0 Å². The minimum atomic E-state index is -0.482. The number of carbonyl (C=O) groups is 1. The molecule has 1 amide bonds. The van der Waals surface area contributed by atoms with Crippen molar-refractivity contribution in [1.82, 2.24) is 14.5 Å². The van der Waals surface area contributed by atoms with Gasteiger partial charge in [0.25, 0.3) is 0 Å². The Morgan fingerprint density at radius 1 is 1.20 bits per heavy atom. The van der Waals surface area contributed by atoms with Crippen LogP contribution in [0.25, 0.3) is 0 Å². The van der Waals surface area contributed by atoms with E-state index in [0.29, 0.717) is 0 Å². The molecule has 4 rings (SSSR count). The number of para-hydroxylation sites is 2. The Bertz CT molecular complexity index is 761. The van der Waals surface area contributed by atoms with Crippen LogP contribution in [0.5, 0.6) is 0 Å². The van der Waals surface area contributed by atoms with Crippen molar-refractivity contribution in [2.45, 2.75) is 44.8 Å². The zero-order chi connectivity index (χ0) is 17.3. The summed E-state index contributed by atoms with van der Waals surface area (Å²) < 4.78 is 2.23. The molecule has 6 nitrogen and oxygen atoms in total. The molecule has 0 aliphatic carbocycles. The van der Waals surface area contributed by atoms with Gasteiger partial charge in [-0.3, -0.25) is 9.69 Å². The predicted molar refractivity (Wildman–Crippen MR) is 98.5 cm³/mol. The largest absolute Gasteiger partial charge is 0.369 e. The molecule has 1 aromatic heterocycles. The molecule has 1 spiro atoms. The maximum atomic E-state index is 12.7. The van der Waals surface area contributed by atoms with E-state index in [0.717, 1.165) is 62.6 Å². The second kappa shape index (κ2) is 6.52. The van der Waals surface area contributed by atoms with Crippen LogP contribution in [0.3, 0.4) is 0 Å². The number of fused-ring (bicyclic) bond motifs is 1. The lowest BCUT2D eigenvalue weighted by Gasteiger charge is -2.44. The molecule has 25 heavy (non-hydrogen) atoms. The highest BCUT2D eigenvalue weighted by atomic mass is 16.2. The van der Waals surface area contributed by atoms with Crippen molar-refractivity contribution in [3.63, 3.8) is 0 Å². The van der Waals surface area contributed by atoms with Crippen LogP contribution < -0.4 is 10.6 Å². The molecular weight excluding hydrogens is 314 g/mol. The number of imidazole rings is 1. The fraction of sp³-hybridized carbons (Fsp3) is 0.474. The highest BCUT2D eigenvalue weighted by Crippen LogP contribution is 2.36. The number of hydrogen-bond acceptors (Lipinski definition) is 4. The quantitative estimate of drug-likeness (QED) is 0.899. The molecule has 2 aromatic rings. The van der Waals surface area contributed by atoms with Gasteiger partial charge in [-0.25, -0.2) is 4.98 Å². The number of aryl methyl sites for hydroxylation is 1. The lowest BCUT2D eigenvalue weighted by Crippen LogP contribution is -2.58. The first-order chi connectivity index (χ1) is 12.2. The molecule has 1 aromatic carbocycles. The molecule has 0 saturated carbocycles. The molecule has 0 atom stereocenters. The van der Waals surface area contributed by atoms with Gasteiger partial charge in [-0.2, -0.15) is 0 Å². The lowest BCUT2D eigenvalue weighted by atomic mass is 9.84. The minimum absolute atomic E-state index is 0.0957. The van der Waals surface area contributed by atoms with Gasteiger partial charge in [0.05, 0.1) is 17.9 Å². The molecule has 6 heteroatoms. The highest BCUT2D eigenvalue weighted by Gasteiger charge is 2.44. The number of anilines is 2. The minimum Gasteiger partial charge on any atom is -0.369 e. The van der Waals surface area contributed by atoms with Crippen molar-refractivity contribution in [3.8, 4) is 0 Å². The molecule has 0 unspecified atom stereocenters.